The molecule has 1 aliphatic heterocycles. The van der Waals surface area contributed by atoms with Gasteiger partial charge in [-0.05, 0) is 57.8 Å². The van der Waals surface area contributed by atoms with Gasteiger partial charge in [0.1, 0.15) is 6.10 Å². The molecule has 0 saturated carbocycles. The Kier molecular flexibility index (Phi) is 33.6. The molecule has 0 radical (unpaired) electrons. The van der Waals surface area contributed by atoms with Crippen LogP contribution >= 0.6 is 0 Å². The van der Waals surface area contributed by atoms with Gasteiger partial charge in [0.15, 0.2) is 0 Å². The minimum Gasteiger partial charge on any atom is -0.466 e. The highest BCUT2D eigenvalue weighted by atomic mass is 16.5. The first-order chi connectivity index (χ1) is 25.9. The van der Waals surface area contributed by atoms with Gasteiger partial charge in [0.2, 0.25) is 5.91 Å². The van der Waals surface area contributed by atoms with Crippen LogP contribution in [-0.2, 0) is 23.9 Å². The van der Waals surface area contributed by atoms with Crippen LogP contribution in [0.4, 0.5) is 0 Å². The Morgan fingerprint density at radius 2 is 1.02 bits per heavy atom. The molecule has 0 spiro atoms. The predicted molar refractivity (Wildman–Crippen MR) is 221 cm³/mol. The summed E-state index contributed by atoms with van der Waals surface area (Å²) in [6.07, 6.45) is 36.9. The minimum absolute atomic E-state index is 0.0315. The molecule has 1 saturated heterocycles. The van der Waals surface area contributed by atoms with Crippen molar-refractivity contribution in [2.45, 2.75) is 251 Å². The zero-order valence-corrected chi connectivity index (χ0v) is 35.3. The molecule has 0 aromatic heterocycles. The summed E-state index contributed by atoms with van der Waals surface area (Å²) < 4.78 is 11.4. The van der Waals surface area contributed by atoms with Gasteiger partial charge in [0.25, 0.3) is 0 Å². The molecule has 1 N–H and O–H groups in total. The van der Waals surface area contributed by atoms with Gasteiger partial charge in [-0.3, -0.25) is 14.4 Å². The summed E-state index contributed by atoms with van der Waals surface area (Å²) in [5, 5.41) is 10.6. The third-order valence-corrected chi connectivity index (χ3v) is 11.3. The second-order valence-electron chi connectivity index (χ2n) is 16.3. The number of hydrogen-bond donors (Lipinski definition) is 1. The van der Waals surface area contributed by atoms with Gasteiger partial charge in [-0.15, -0.1) is 0 Å². The molecule has 0 aromatic rings. The fourth-order valence-electron chi connectivity index (χ4n) is 7.75. The first kappa shape index (κ1) is 49.4. The fraction of sp³-hybridized carbons (Fsp3) is 0.935. The van der Waals surface area contributed by atoms with Crippen LogP contribution in [-0.4, -0.2) is 59.8 Å². The molecular formula is C46H87NO6. The number of β-amino-alcohol motifs (C(OH)–C–C–N with tert-alkyl or cyclic N) is 1. The number of ether oxygens (including phenoxy) is 2. The van der Waals surface area contributed by atoms with Gasteiger partial charge >= 0.3 is 11.9 Å². The number of unbranched alkanes of at least 4 members (excludes halogenated alkanes) is 24. The molecule has 1 aliphatic rings. The van der Waals surface area contributed by atoms with Gasteiger partial charge in [-0.25, -0.2) is 0 Å². The van der Waals surface area contributed by atoms with E-state index in [1.165, 1.54) is 109 Å². The van der Waals surface area contributed by atoms with Crippen LogP contribution < -0.4 is 0 Å². The van der Waals surface area contributed by atoms with Crippen LogP contribution in [0, 0.1) is 5.92 Å². The van der Waals surface area contributed by atoms with Crippen molar-refractivity contribution < 1.29 is 29.0 Å². The van der Waals surface area contributed by atoms with E-state index < -0.39 is 6.10 Å². The van der Waals surface area contributed by atoms with Crippen molar-refractivity contribution in [2.24, 2.45) is 5.92 Å². The summed E-state index contributed by atoms with van der Waals surface area (Å²) in [7, 11) is 0. The lowest BCUT2D eigenvalue weighted by Crippen LogP contribution is -2.28. The fourth-order valence-corrected chi connectivity index (χ4v) is 7.75. The van der Waals surface area contributed by atoms with Crippen LogP contribution in [0.25, 0.3) is 0 Å². The number of likely N-dealkylation sites (tertiary alicyclic amines) is 1. The molecule has 1 amide bonds. The van der Waals surface area contributed by atoms with Crippen LogP contribution in [0.1, 0.15) is 239 Å². The average Bonchev–Trinajstić information content (AvgIpc) is 3.41. The van der Waals surface area contributed by atoms with Crippen LogP contribution in [0.2, 0.25) is 0 Å². The van der Waals surface area contributed by atoms with Crippen molar-refractivity contribution in [1.82, 2.24) is 4.90 Å². The van der Waals surface area contributed by atoms with E-state index in [0.29, 0.717) is 32.5 Å². The Hall–Kier alpha value is -1.63. The standard InChI is InChI=1S/C46H87NO6/c1-4-7-10-13-16-17-18-24-32-39-52-44(49)36-30-25-31-38-47-40-43(48)42(46(47)51)35-28-22-19-23-29-37-45(50)53-41(33-26-20-14-11-8-5-2)34-27-21-15-12-9-6-3/h41-43,48H,4-40H2,1-3H3. The van der Waals surface area contributed by atoms with E-state index in [9.17, 15) is 19.5 Å². The molecule has 312 valence electrons. The van der Waals surface area contributed by atoms with Gasteiger partial charge in [-0.2, -0.15) is 0 Å². The van der Waals surface area contributed by atoms with Crippen molar-refractivity contribution in [3.05, 3.63) is 0 Å². The Morgan fingerprint density at radius 1 is 0.585 bits per heavy atom. The summed E-state index contributed by atoms with van der Waals surface area (Å²) >= 11 is 0. The predicted octanol–water partition coefficient (Wildman–Crippen LogP) is 12.6. The Balaban J connectivity index is 2.12. The van der Waals surface area contributed by atoms with Crippen LogP contribution in [0.3, 0.4) is 0 Å². The third kappa shape index (κ3) is 28.4. The molecule has 0 bridgehead atoms. The maximum absolute atomic E-state index is 13.0. The highest BCUT2D eigenvalue weighted by molar-refractivity contribution is 5.81. The molecule has 0 aromatic carbocycles. The summed E-state index contributed by atoms with van der Waals surface area (Å²) in [6, 6.07) is 0. The van der Waals surface area contributed by atoms with E-state index >= 15 is 0 Å². The lowest BCUT2D eigenvalue weighted by atomic mass is 9.97. The summed E-state index contributed by atoms with van der Waals surface area (Å²) in [5.41, 5.74) is 0. The highest BCUT2D eigenvalue weighted by Gasteiger charge is 2.38. The Bertz CT molecular complexity index is 849. The molecule has 2 unspecified atom stereocenters. The molecule has 7 heteroatoms. The van der Waals surface area contributed by atoms with Crippen molar-refractivity contribution in [1.29, 1.82) is 0 Å². The zero-order valence-electron chi connectivity index (χ0n) is 35.3. The van der Waals surface area contributed by atoms with Crippen LogP contribution in [0.5, 0.6) is 0 Å². The molecule has 2 atom stereocenters. The first-order valence-corrected chi connectivity index (χ1v) is 23.2. The first-order valence-electron chi connectivity index (χ1n) is 23.2. The number of nitrogens with zero attached hydrogens (tertiary/aromatic N) is 1. The topological polar surface area (TPSA) is 93.1 Å². The highest BCUT2D eigenvalue weighted by Crippen LogP contribution is 2.25. The van der Waals surface area contributed by atoms with Crippen molar-refractivity contribution in [3.8, 4) is 0 Å². The monoisotopic (exact) mass is 750 g/mol. The van der Waals surface area contributed by atoms with Crippen molar-refractivity contribution in [2.75, 3.05) is 19.7 Å². The van der Waals surface area contributed by atoms with Crippen LogP contribution in [0.15, 0.2) is 0 Å². The SMILES string of the molecule is CCCCCCCCCCCOC(=O)CCCCCN1CC(O)C(CCCCCCCC(=O)OC(CCCCCCCC)CCCCCCCC)C1=O. The number of esters is 2. The number of amides is 1. The van der Waals surface area contributed by atoms with Crippen molar-refractivity contribution in [3.63, 3.8) is 0 Å². The van der Waals surface area contributed by atoms with E-state index in [4.69, 9.17) is 9.47 Å². The van der Waals surface area contributed by atoms with Crippen molar-refractivity contribution >= 4 is 17.8 Å². The lowest BCUT2D eigenvalue weighted by Gasteiger charge is -2.18. The Morgan fingerprint density at radius 3 is 1.57 bits per heavy atom. The number of carbonyl (C=O) groups is 3. The van der Waals surface area contributed by atoms with E-state index in [1.807, 2.05) is 4.90 Å². The average molecular weight is 750 g/mol. The Labute approximate surface area is 327 Å². The number of aliphatic hydroxyl groups is 1. The summed E-state index contributed by atoms with van der Waals surface area (Å²) in [4.78, 5) is 39.6. The number of rotatable bonds is 39. The molecule has 53 heavy (non-hydrogen) atoms. The molecule has 1 fully saturated rings. The molecule has 0 aliphatic carbocycles. The number of aliphatic hydroxyl groups excluding tert-OH is 1. The quantitative estimate of drug-likeness (QED) is 0.0497. The summed E-state index contributed by atoms with van der Waals surface area (Å²) in [5.74, 6) is -0.354. The maximum atomic E-state index is 13.0. The van der Waals surface area contributed by atoms with E-state index in [-0.39, 0.29) is 29.9 Å². The number of hydrogen-bond acceptors (Lipinski definition) is 6. The lowest BCUT2D eigenvalue weighted by molar-refractivity contribution is -0.150. The molecule has 1 heterocycles. The smallest absolute Gasteiger partial charge is 0.306 e. The largest absolute Gasteiger partial charge is 0.466 e. The van der Waals surface area contributed by atoms with Gasteiger partial charge in [-0.1, -0.05) is 168 Å². The molecule has 1 rings (SSSR count). The van der Waals surface area contributed by atoms with E-state index in [1.54, 1.807) is 0 Å². The second kappa shape index (κ2) is 36.0. The maximum Gasteiger partial charge on any atom is 0.306 e. The minimum atomic E-state index is -0.589. The normalized spacial score (nSPS) is 15.9. The zero-order chi connectivity index (χ0) is 38.6. The van der Waals surface area contributed by atoms with E-state index in [2.05, 4.69) is 20.8 Å². The van der Waals surface area contributed by atoms with Gasteiger partial charge in [0, 0.05) is 25.9 Å². The van der Waals surface area contributed by atoms with E-state index in [0.717, 1.165) is 96.3 Å². The molecular weight excluding hydrogens is 663 g/mol. The second-order valence-corrected chi connectivity index (χ2v) is 16.3. The van der Waals surface area contributed by atoms with Gasteiger partial charge in [0.05, 0.1) is 18.6 Å². The summed E-state index contributed by atoms with van der Waals surface area (Å²) in [6.45, 7) is 8.35. The molecule has 7 nitrogen and oxygen atoms in total. The third-order valence-electron chi connectivity index (χ3n) is 11.3. The number of carbonyl (C=O) groups excluding carboxylic acids is 3. The van der Waals surface area contributed by atoms with Gasteiger partial charge < -0.3 is 19.5 Å².